The van der Waals surface area contributed by atoms with E-state index in [-0.39, 0.29) is 12.3 Å². The second-order valence-electron chi connectivity index (χ2n) is 8.97. The highest BCUT2D eigenvalue weighted by Gasteiger charge is 2.51. The van der Waals surface area contributed by atoms with Crippen molar-refractivity contribution in [1.82, 2.24) is 14.8 Å². The van der Waals surface area contributed by atoms with E-state index in [1.54, 1.807) is 25.1 Å². The van der Waals surface area contributed by atoms with Gasteiger partial charge in [-0.2, -0.15) is 0 Å². The summed E-state index contributed by atoms with van der Waals surface area (Å²) in [6.45, 7) is 7.06. The molecule has 4 aromatic rings. The van der Waals surface area contributed by atoms with Crippen molar-refractivity contribution in [3.8, 4) is 5.69 Å². The largest absolute Gasteiger partial charge is 0.458 e. The molecule has 2 aromatic heterocycles. The van der Waals surface area contributed by atoms with Crippen LogP contribution in [0, 0.1) is 20.8 Å². The fraction of sp³-hybridized carbons (Fsp3) is 0.222. The molecule has 7 nitrogen and oxygen atoms in total. The van der Waals surface area contributed by atoms with Crippen molar-refractivity contribution in [3.05, 3.63) is 88.9 Å². The number of carbonyl (C=O) groups excluding carboxylic acids is 3. The highest BCUT2D eigenvalue weighted by molar-refractivity contribution is 6.11. The lowest BCUT2D eigenvalue weighted by Crippen LogP contribution is -2.41. The van der Waals surface area contributed by atoms with Gasteiger partial charge in [0, 0.05) is 28.0 Å². The smallest absolute Gasteiger partial charge is 0.325 e. The van der Waals surface area contributed by atoms with Gasteiger partial charge in [0.1, 0.15) is 11.3 Å². The summed E-state index contributed by atoms with van der Waals surface area (Å²) in [5.41, 5.74) is 3.48. The SMILES string of the molecule is Cc1ccc(-n2c(C)cc(C(=O)CN3C(=O)NC(C)(c4cc5ccccc5o4)C3=O)c2C)cc1. The zero-order valence-corrected chi connectivity index (χ0v) is 19.5. The Morgan fingerprint density at radius 3 is 2.41 bits per heavy atom. The fourth-order valence-electron chi connectivity index (χ4n) is 4.60. The minimum Gasteiger partial charge on any atom is -0.458 e. The summed E-state index contributed by atoms with van der Waals surface area (Å²) < 4.78 is 7.85. The molecule has 1 unspecified atom stereocenters. The third kappa shape index (κ3) is 3.32. The number of amides is 3. The van der Waals surface area contributed by atoms with Gasteiger partial charge >= 0.3 is 6.03 Å². The standard InChI is InChI=1S/C27H25N3O4/c1-16-9-11-20(12-10-16)30-17(2)13-21(18(30)3)22(31)15-29-25(32)27(4,28-26(29)33)24-14-19-7-5-6-8-23(19)34-24/h5-14H,15H2,1-4H3,(H,28,33). The number of para-hydroxylation sites is 1. The summed E-state index contributed by atoms with van der Waals surface area (Å²) in [5, 5.41) is 3.55. The molecule has 0 saturated carbocycles. The second kappa shape index (κ2) is 7.73. The third-order valence-corrected chi connectivity index (χ3v) is 6.52. The average Bonchev–Trinajstić information content (AvgIpc) is 3.44. The molecule has 1 saturated heterocycles. The van der Waals surface area contributed by atoms with E-state index in [0.717, 1.165) is 32.9 Å². The molecule has 2 aromatic carbocycles. The first-order valence-corrected chi connectivity index (χ1v) is 11.1. The molecule has 1 N–H and O–H groups in total. The van der Waals surface area contributed by atoms with Gasteiger partial charge in [0.15, 0.2) is 11.3 Å². The maximum atomic E-state index is 13.3. The number of aryl methyl sites for hydroxylation is 2. The third-order valence-electron chi connectivity index (χ3n) is 6.52. The van der Waals surface area contributed by atoms with E-state index in [4.69, 9.17) is 4.42 Å². The average molecular weight is 456 g/mol. The number of rotatable bonds is 5. The Bertz CT molecular complexity index is 1430. The molecule has 0 radical (unpaired) electrons. The molecule has 34 heavy (non-hydrogen) atoms. The van der Waals surface area contributed by atoms with Crippen LogP contribution >= 0.6 is 0 Å². The molecule has 1 aliphatic heterocycles. The van der Waals surface area contributed by atoms with Gasteiger partial charge in [-0.15, -0.1) is 0 Å². The topological polar surface area (TPSA) is 84.6 Å². The number of imide groups is 1. The quantitative estimate of drug-likeness (QED) is 0.346. The Morgan fingerprint density at radius 2 is 1.71 bits per heavy atom. The number of ketones is 1. The van der Waals surface area contributed by atoms with Crippen LogP contribution in [0.25, 0.3) is 16.7 Å². The predicted octanol–water partition coefficient (Wildman–Crippen LogP) is 4.80. The molecule has 3 amide bonds. The Hall–Kier alpha value is -4.13. The summed E-state index contributed by atoms with van der Waals surface area (Å²) in [7, 11) is 0. The monoisotopic (exact) mass is 455 g/mol. The van der Waals surface area contributed by atoms with Gasteiger partial charge in [0.05, 0.1) is 6.54 Å². The number of nitrogens with zero attached hydrogens (tertiary/aromatic N) is 2. The number of urea groups is 1. The lowest BCUT2D eigenvalue weighted by atomic mass is 9.98. The first kappa shape index (κ1) is 21.7. The number of hydrogen-bond donors (Lipinski definition) is 1. The highest BCUT2D eigenvalue weighted by Crippen LogP contribution is 2.33. The fourth-order valence-corrected chi connectivity index (χ4v) is 4.60. The van der Waals surface area contributed by atoms with Gasteiger partial charge in [-0.05, 0) is 58.0 Å². The van der Waals surface area contributed by atoms with Crippen molar-refractivity contribution in [2.24, 2.45) is 0 Å². The number of fused-ring (bicyclic) bond motifs is 1. The first-order chi connectivity index (χ1) is 16.2. The summed E-state index contributed by atoms with van der Waals surface area (Å²) in [5.74, 6) is -0.486. The minimum absolute atomic E-state index is 0.302. The number of carbonyl (C=O) groups is 3. The van der Waals surface area contributed by atoms with Crippen molar-refractivity contribution in [2.45, 2.75) is 33.2 Å². The van der Waals surface area contributed by atoms with Crippen LogP contribution in [0.2, 0.25) is 0 Å². The lowest BCUT2D eigenvalue weighted by molar-refractivity contribution is -0.131. The Labute approximate surface area is 197 Å². The van der Waals surface area contributed by atoms with Crippen LogP contribution < -0.4 is 5.32 Å². The normalized spacial score (nSPS) is 18.1. The number of Topliss-reactive ketones (excluding diaryl/α,β-unsaturated/α-hetero) is 1. The molecule has 0 aliphatic carbocycles. The van der Waals surface area contributed by atoms with Crippen molar-refractivity contribution in [2.75, 3.05) is 6.54 Å². The van der Waals surface area contributed by atoms with Crippen LogP contribution in [-0.2, 0) is 10.3 Å². The predicted molar refractivity (Wildman–Crippen MR) is 128 cm³/mol. The number of nitrogens with one attached hydrogen (secondary N) is 1. The molecule has 3 heterocycles. The number of furan rings is 1. The van der Waals surface area contributed by atoms with Crippen LogP contribution in [0.1, 0.15) is 40.0 Å². The second-order valence-corrected chi connectivity index (χ2v) is 8.97. The van der Waals surface area contributed by atoms with Crippen LogP contribution in [0.15, 0.2) is 65.1 Å². The molecule has 1 atom stereocenters. The maximum Gasteiger partial charge on any atom is 0.325 e. The molecule has 1 aliphatic rings. The minimum atomic E-state index is -1.38. The highest BCUT2D eigenvalue weighted by atomic mass is 16.3. The molecule has 0 bridgehead atoms. The van der Waals surface area contributed by atoms with Gasteiger partial charge in [0.25, 0.3) is 5.91 Å². The van der Waals surface area contributed by atoms with Crippen LogP contribution in [0.5, 0.6) is 0 Å². The number of hydrogen-bond acceptors (Lipinski definition) is 4. The Balaban J connectivity index is 1.42. The van der Waals surface area contributed by atoms with Gasteiger partial charge in [-0.3, -0.25) is 14.5 Å². The van der Waals surface area contributed by atoms with Crippen LogP contribution in [0.3, 0.4) is 0 Å². The lowest BCUT2D eigenvalue weighted by Gasteiger charge is -2.18. The molecular weight excluding hydrogens is 430 g/mol. The summed E-state index contributed by atoms with van der Waals surface area (Å²) in [4.78, 5) is 40.3. The van der Waals surface area contributed by atoms with Crippen molar-refractivity contribution < 1.29 is 18.8 Å². The van der Waals surface area contributed by atoms with E-state index in [1.165, 1.54) is 0 Å². The van der Waals surface area contributed by atoms with E-state index < -0.39 is 17.5 Å². The Kier molecular flexibility index (Phi) is 4.93. The van der Waals surface area contributed by atoms with Crippen molar-refractivity contribution in [3.63, 3.8) is 0 Å². The summed E-state index contributed by atoms with van der Waals surface area (Å²) in [6, 6.07) is 18.3. The van der Waals surface area contributed by atoms with Gasteiger partial charge in [0.2, 0.25) is 0 Å². The van der Waals surface area contributed by atoms with Gasteiger partial charge < -0.3 is 14.3 Å². The zero-order chi connectivity index (χ0) is 24.2. The van der Waals surface area contributed by atoms with E-state index in [2.05, 4.69) is 5.32 Å². The van der Waals surface area contributed by atoms with Gasteiger partial charge in [-0.1, -0.05) is 35.9 Å². The number of aromatic nitrogens is 1. The first-order valence-electron chi connectivity index (χ1n) is 11.1. The van der Waals surface area contributed by atoms with E-state index in [0.29, 0.717) is 16.9 Å². The maximum absolute atomic E-state index is 13.3. The summed E-state index contributed by atoms with van der Waals surface area (Å²) >= 11 is 0. The van der Waals surface area contributed by atoms with Crippen molar-refractivity contribution >= 4 is 28.7 Å². The molecule has 5 rings (SSSR count). The van der Waals surface area contributed by atoms with Crippen molar-refractivity contribution in [1.29, 1.82) is 0 Å². The van der Waals surface area contributed by atoms with Crippen LogP contribution in [0.4, 0.5) is 4.79 Å². The van der Waals surface area contributed by atoms with Gasteiger partial charge in [-0.25, -0.2) is 4.79 Å². The number of benzene rings is 2. The van der Waals surface area contributed by atoms with E-state index >= 15 is 0 Å². The molecule has 0 spiro atoms. The zero-order valence-electron chi connectivity index (χ0n) is 19.5. The molecule has 172 valence electrons. The molecule has 1 fully saturated rings. The molecular formula is C27H25N3O4. The van der Waals surface area contributed by atoms with E-state index in [1.807, 2.05) is 67.8 Å². The van der Waals surface area contributed by atoms with Crippen LogP contribution in [-0.4, -0.2) is 33.7 Å². The Morgan fingerprint density at radius 1 is 1.00 bits per heavy atom. The summed E-state index contributed by atoms with van der Waals surface area (Å²) in [6.07, 6.45) is 0. The van der Waals surface area contributed by atoms with E-state index in [9.17, 15) is 14.4 Å². The molecule has 7 heteroatoms.